The van der Waals surface area contributed by atoms with Crippen LogP contribution in [0, 0.1) is 0 Å². The highest BCUT2D eigenvalue weighted by atomic mass is 15.2. The van der Waals surface area contributed by atoms with Crippen molar-refractivity contribution in [1.82, 2.24) is 14.9 Å². The predicted octanol–water partition coefficient (Wildman–Crippen LogP) is 3.59. The van der Waals surface area contributed by atoms with E-state index in [1.807, 2.05) is 30.9 Å². The zero-order valence-electron chi connectivity index (χ0n) is 11.8. The van der Waals surface area contributed by atoms with Gasteiger partial charge in [-0.05, 0) is 48.7 Å². The number of pyridine rings is 2. The van der Waals surface area contributed by atoms with E-state index in [9.17, 15) is 0 Å². The Morgan fingerprint density at radius 3 is 2.70 bits per heavy atom. The Balaban J connectivity index is 1.81. The van der Waals surface area contributed by atoms with Crippen LogP contribution in [0.5, 0.6) is 0 Å². The van der Waals surface area contributed by atoms with Crippen molar-refractivity contribution in [3.63, 3.8) is 0 Å². The van der Waals surface area contributed by atoms with Gasteiger partial charge in [-0.2, -0.15) is 0 Å². The zero-order chi connectivity index (χ0) is 13.6. The summed E-state index contributed by atoms with van der Waals surface area (Å²) in [6.07, 6.45) is 12.8. The molecule has 1 saturated heterocycles. The average molecular weight is 267 g/mol. The van der Waals surface area contributed by atoms with Crippen molar-refractivity contribution in [2.75, 3.05) is 6.54 Å². The average Bonchev–Trinajstić information content (AvgIpc) is 2.75. The SMILES string of the molecule is c1cncc(CN2CCCCC[C@H]2c2ccncc2)c1. The van der Waals surface area contributed by atoms with Crippen molar-refractivity contribution in [1.29, 1.82) is 0 Å². The van der Waals surface area contributed by atoms with Gasteiger partial charge in [0.1, 0.15) is 0 Å². The third-order valence-corrected chi connectivity index (χ3v) is 4.06. The minimum Gasteiger partial charge on any atom is -0.292 e. The molecule has 0 unspecified atom stereocenters. The number of hydrogen-bond donors (Lipinski definition) is 0. The molecule has 3 heteroatoms. The highest BCUT2D eigenvalue weighted by Gasteiger charge is 2.22. The summed E-state index contributed by atoms with van der Waals surface area (Å²) in [4.78, 5) is 11.0. The Morgan fingerprint density at radius 2 is 1.90 bits per heavy atom. The van der Waals surface area contributed by atoms with Crippen molar-refractivity contribution in [2.45, 2.75) is 38.3 Å². The molecule has 1 aliphatic heterocycles. The van der Waals surface area contributed by atoms with Crippen molar-refractivity contribution < 1.29 is 0 Å². The van der Waals surface area contributed by atoms with Crippen LogP contribution in [0.4, 0.5) is 0 Å². The quantitative estimate of drug-likeness (QED) is 0.851. The lowest BCUT2D eigenvalue weighted by atomic mass is 10.0. The molecule has 104 valence electrons. The Labute approximate surface area is 120 Å². The van der Waals surface area contributed by atoms with E-state index in [0.717, 1.165) is 6.54 Å². The van der Waals surface area contributed by atoms with E-state index in [4.69, 9.17) is 0 Å². The van der Waals surface area contributed by atoms with Gasteiger partial charge in [-0.1, -0.05) is 18.9 Å². The van der Waals surface area contributed by atoms with Crippen LogP contribution in [0.1, 0.15) is 42.9 Å². The van der Waals surface area contributed by atoms with Gasteiger partial charge in [0, 0.05) is 37.4 Å². The standard InChI is InChI=1S/C17H21N3/c1-2-6-17(16-7-10-18-11-8-16)20(12-3-1)14-15-5-4-9-19-13-15/h4-5,7-11,13,17H,1-3,6,12,14H2/t17-/m0/s1. The second-order valence-electron chi connectivity index (χ2n) is 5.48. The molecule has 0 radical (unpaired) electrons. The fourth-order valence-electron chi connectivity index (χ4n) is 3.05. The third kappa shape index (κ3) is 3.23. The Hall–Kier alpha value is -1.74. The second-order valence-corrected chi connectivity index (χ2v) is 5.48. The Morgan fingerprint density at radius 1 is 1.00 bits per heavy atom. The van der Waals surface area contributed by atoms with Crippen LogP contribution in [0.2, 0.25) is 0 Å². The largest absolute Gasteiger partial charge is 0.292 e. The fraction of sp³-hybridized carbons (Fsp3) is 0.412. The Bertz CT molecular complexity index is 512. The molecule has 3 heterocycles. The third-order valence-electron chi connectivity index (χ3n) is 4.06. The molecule has 1 atom stereocenters. The van der Waals surface area contributed by atoms with Crippen molar-refractivity contribution in [3.8, 4) is 0 Å². The first kappa shape index (κ1) is 13.3. The van der Waals surface area contributed by atoms with Crippen LogP contribution in [-0.2, 0) is 6.54 Å². The number of hydrogen-bond acceptors (Lipinski definition) is 3. The van der Waals surface area contributed by atoms with E-state index in [-0.39, 0.29) is 0 Å². The molecule has 2 aromatic heterocycles. The zero-order valence-corrected chi connectivity index (χ0v) is 11.8. The van der Waals surface area contributed by atoms with Gasteiger partial charge in [0.15, 0.2) is 0 Å². The van der Waals surface area contributed by atoms with Crippen molar-refractivity contribution in [2.24, 2.45) is 0 Å². The van der Waals surface area contributed by atoms with E-state index in [1.165, 1.54) is 43.4 Å². The van der Waals surface area contributed by atoms with Gasteiger partial charge in [-0.15, -0.1) is 0 Å². The molecule has 0 bridgehead atoms. The van der Waals surface area contributed by atoms with E-state index < -0.39 is 0 Å². The highest BCUT2D eigenvalue weighted by molar-refractivity contribution is 5.17. The fourth-order valence-corrected chi connectivity index (χ4v) is 3.05. The molecule has 0 spiro atoms. The van der Waals surface area contributed by atoms with E-state index >= 15 is 0 Å². The van der Waals surface area contributed by atoms with Gasteiger partial charge in [0.2, 0.25) is 0 Å². The molecule has 1 fully saturated rings. The van der Waals surface area contributed by atoms with Crippen LogP contribution in [0.25, 0.3) is 0 Å². The van der Waals surface area contributed by atoms with E-state index in [0.29, 0.717) is 6.04 Å². The Kier molecular flexibility index (Phi) is 4.38. The van der Waals surface area contributed by atoms with Crippen molar-refractivity contribution in [3.05, 3.63) is 60.2 Å². The summed E-state index contributed by atoms with van der Waals surface area (Å²) in [6, 6.07) is 9.02. The van der Waals surface area contributed by atoms with Crippen LogP contribution >= 0.6 is 0 Å². The maximum absolute atomic E-state index is 4.23. The smallest absolute Gasteiger partial charge is 0.0352 e. The van der Waals surface area contributed by atoms with Gasteiger partial charge in [-0.25, -0.2) is 0 Å². The topological polar surface area (TPSA) is 29.0 Å². The summed E-state index contributed by atoms with van der Waals surface area (Å²) in [6.45, 7) is 2.16. The van der Waals surface area contributed by atoms with Crippen LogP contribution in [0.15, 0.2) is 49.1 Å². The van der Waals surface area contributed by atoms with Gasteiger partial charge >= 0.3 is 0 Å². The predicted molar refractivity (Wildman–Crippen MR) is 80.1 cm³/mol. The minimum atomic E-state index is 0.515. The van der Waals surface area contributed by atoms with Gasteiger partial charge in [0.05, 0.1) is 0 Å². The summed E-state index contributed by atoms with van der Waals surface area (Å²) >= 11 is 0. The van der Waals surface area contributed by atoms with Crippen LogP contribution in [0.3, 0.4) is 0 Å². The summed E-state index contributed by atoms with van der Waals surface area (Å²) in [5.74, 6) is 0. The number of aromatic nitrogens is 2. The molecule has 0 amide bonds. The summed E-state index contributed by atoms with van der Waals surface area (Å²) in [5.41, 5.74) is 2.69. The first-order valence-corrected chi connectivity index (χ1v) is 7.46. The number of likely N-dealkylation sites (tertiary alicyclic amines) is 1. The summed E-state index contributed by atoms with van der Waals surface area (Å²) < 4.78 is 0. The lowest BCUT2D eigenvalue weighted by Gasteiger charge is -2.30. The van der Waals surface area contributed by atoms with Gasteiger partial charge in [0.25, 0.3) is 0 Å². The number of nitrogens with zero attached hydrogens (tertiary/aromatic N) is 3. The summed E-state index contributed by atoms with van der Waals surface area (Å²) in [5, 5.41) is 0. The molecular weight excluding hydrogens is 246 g/mol. The molecule has 2 aromatic rings. The first-order valence-electron chi connectivity index (χ1n) is 7.46. The monoisotopic (exact) mass is 267 g/mol. The van der Waals surface area contributed by atoms with E-state index in [1.54, 1.807) is 0 Å². The molecule has 3 nitrogen and oxygen atoms in total. The molecule has 0 aliphatic carbocycles. The van der Waals surface area contributed by atoms with Crippen molar-refractivity contribution >= 4 is 0 Å². The second kappa shape index (κ2) is 6.62. The molecule has 0 aromatic carbocycles. The van der Waals surface area contributed by atoms with E-state index in [2.05, 4.69) is 33.1 Å². The maximum Gasteiger partial charge on any atom is 0.0352 e. The molecular formula is C17H21N3. The minimum absolute atomic E-state index is 0.515. The highest BCUT2D eigenvalue weighted by Crippen LogP contribution is 2.30. The maximum atomic E-state index is 4.23. The normalized spacial score (nSPS) is 20.5. The van der Waals surface area contributed by atoms with Crippen LogP contribution in [-0.4, -0.2) is 21.4 Å². The van der Waals surface area contributed by atoms with Gasteiger partial charge in [-0.3, -0.25) is 14.9 Å². The van der Waals surface area contributed by atoms with Crippen LogP contribution < -0.4 is 0 Å². The number of rotatable bonds is 3. The lowest BCUT2D eigenvalue weighted by molar-refractivity contribution is 0.192. The van der Waals surface area contributed by atoms with Gasteiger partial charge < -0.3 is 0 Å². The molecule has 0 N–H and O–H groups in total. The lowest BCUT2D eigenvalue weighted by Crippen LogP contribution is -2.28. The molecule has 20 heavy (non-hydrogen) atoms. The molecule has 3 rings (SSSR count). The molecule has 0 saturated carbocycles. The molecule has 1 aliphatic rings. The summed E-state index contributed by atoms with van der Waals surface area (Å²) in [7, 11) is 0. The first-order chi connectivity index (χ1) is 9.93.